The zero-order chi connectivity index (χ0) is 24.5. The Morgan fingerprint density at radius 3 is 2.42 bits per heavy atom. The fourth-order valence-corrected chi connectivity index (χ4v) is 4.98. The van der Waals surface area contributed by atoms with Gasteiger partial charge in [0, 0.05) is 63.8 Å². The first-order chi connectivity index (χ1) is 17.7. The summed E-state index contributed by atoms with van der Waals surface area (Å²) in [6, 6.07) is 27.8. The maximum absolute atomic E-state index is 13.9. The Morgan fingerprint density at radius 2 is 1.61 bits per heavy atom. The molecule has 0 spiro atoms. The topological polar surface area (TPSA) is 62.7 Å². The molecule has 3 aromatic heterocycles. The fraction of sp³-hybridized carbons (Fsp3) is 0.0667. The molecule has 1 unspecified atom stereocenters. The Labute approximate surface area is 213 Å². The minimum atomic E-state index is -0.523. The van der Waals surface area contributed by atoms with Crippen LogP contribution in [0.5, 0.6) is 0 Å². The summed E-state index contributed by atoms with van der Waals surface area (Å²) in [6.45, 7) is 0.671. The molecule has 36 heavy (non-hydrogen) atoms. The van der Waals surface area contributed by atoms with Crippen molar-refractivity contribution in [2.24, 2.45) is 0 Å². The van der Waals surface area contributed by atoms with Crippen LogP contribution in [0.2, 0.25) is 5.02 Å². The highest BCUT2D eigenvalue weighted by molar-refractivity contribution is 6.30. The molecule has 5 nitrogen and oxygen atoms in total. The van der Waals surface area contributed by atoms with Crippen molar-refractivity contribution < 1.29 is 4.79 Å². The zero-order valence-electron chi connectivity index (χ0n) is 19.4. The zero-order valence-corrected chi connectivity index (χ0v) is 20.1. The summed E-state index contributed by atoms with van der Waals surface area (Å²) in [5.74, 6) is -0.619. The molecule has 1 atom stereocenters. The molecule has 6 aromatic rings. The predicted molar refractivity (Wildman–Crippen MR) is 146 cm³/mol. The van der Waals surface area contributed by atoms with Crippen LogP contribution in [-0.4, -0.2) is 20.4 Å². The molecule has 0 bridgehead atoms. The molecule has 2 N–H and O–H groups in total. The highest BCUT2D eigenvalue weighted by Crippen LogP contribution is 2.37. The number of rotatable bonds is 6. The van der Waals surface area contributed by atoms with Crippen molar-refractivity contribution in [3.8, 4) is 0 Å². The Bertz CT molecular complexity index is 1670. The monoisotopic (exact) mass is 490 g/mol. The van der Waals surface area contributed by atoms with Gasteiger partial charge in [0.05, 0.1) is 5.92 Å². The van der Waals surface area contributed by atoms with Crippen LogP contribution in [0, 0.1) is 0 Å². The van der Waals surface area contributed by atoms with E-state index in [1.165, 1.54) is 0 Å². The van der Waals surface area contributed by atoms with E-state index in [1.807, 2.05) is 60.8 Å². The molecule has 3 heterocycles. The quantitative estimate of drug-likeness (QED) is 0.264. The second kappa shape index (κ2) is 9.36. The van der Waals surface area contributed by atoms with Gasteiger partial charge in [0.15, 0.2) is 0 Å². The molecule has 0 aliphatic heterocycles. The number of benzene rings is 3. The van der Waals surface area contributed by atoms with Crippen molar-refractivity contribution in [2.45, 2.75) is 12.5 Å². The van der Waals surface area contributed by atoms with E-state index in [4.69, 9.17) is 11.6 Å². The molecule has 3 aromatic carbocycles. The Kier molecular flexibility index (Phi) is 5.76. The first-order valence-corrected chi connectivity index (χ1v) is 12.1. The van der Waals surface area contributed by atoms with Crippen LogP contribution in [0.1, 0.15) is 22.6 Å². The van der Waals surface area contributed by atoms with Gasteiger partial charge in [-0.2, -0.15) is 0 Å². The molecular weight excluding hydrogens is 468 g/mol. The first kappa shape index (κ1) is 22.1. The molecule has 0 radical (unpaired) electrons. The van der Waals surface area contributed by atoms with Gasteiger partial charge in [0.1, 0.15) is 0 Å². The van der Waals surface area contributed by atoms with Crippen LogP contribution in [-0.2, 0) is 11.3 Å². The van der Waals surface area contributed by atoms with Crippen LogP contribution in [0.25, 0.3) is 21.8 Å². The lowest BCUT2D eigenvalue weighted by molar-refractivity contribution is -0.116. The van der Waals surface area contributed by atoms with Gasteiger partial charge in [0.2, 0.25) is 5.91 Å². The molecule has 0 aliphatic carbocycles. The summed E-state index contributed by atoms with van der Waals surface area (Å²) in [4.78, 5) is 21.4. The largest absolute Gasteiger partial charge is 0.361 e. The lowest BCUT2D eigenvalue weighted by Gasteiger charge is -2.17. The van der Waals surface area contributed by atoms with Crippen molar-refractivity contribution in [1.82, 2.24) is 14.5 Å². The maximum Gasteiger partial charge on any atom is 0.236 e. The number of carbonyl (C=O) groups is 1. The van der Waals surface area contributed by atoms with Gasteiger partial charge in [-0.15, -0.1) is 0 Å². The van der Waals surface area contributed by atoms with Crippen LogP contribution in [0.4, 0.5) is 5.69 Å². The Hall–Kier alpha value is -4.35. The first-order valence-electron chi connectivity index (χ1n) is 11.8. The molecule has 0 aliphatic rings. The number of hydrogen-bond acceptors (Lipinski definition) is 2. The van der Waals surface area contributed by atoms with Crippen LogP contribution in [0.15, 0.2) is 110 Å². The average Bonchev–Trinajstić information content (AvgIpc) is 3.49. The Morgan fingerprint density at radius 1 is 0.889 bits per heavy atom. The van der Waals surface area contributed by atoms with E-state index in [0.29, 0.717) is 17.3 Å². The van der Waals surface area contributed by atoms with E-state index in [-0.39, 0.29) is 5.91 Å². The van der Waals surface area contributed by atoms with Gasteiger partial charge in [-0.3, -0.25) is 9.78 Å². The lowest BCUT2D eigenvalue weighted by atomic mass is 9.89. The molecular formula is C30H23ClN4O. The van der Waals surface area contributed by atoms with Crippen molar-refractivity contribution in [2.75, 3.05) is 5.32 Å². The molecule has 0 saturated heterocycles. The summed E-state index contributed by atoms with van der Waals surface area (Å²) in [6.07, 6.45) is 7.41. The van der Waals surface area contributed by atoms with Gasteiger partial charge in [-0.25, -0.2) is 0 Å². The standard InChI is InChI=1S/C30H23ClN4O/c31-21-11-9-20(10-12-21)18-35-19-26(24-6-2-4-8-28(24)35)29(30(36)34-22-13-15-32-16-14-22)25-17-33-27-7-3-1-5-23(25)27/h1-17,19,29,33H,18H2,(H,32,34,36). The summed E-state index contributed by atoms with van der Waals surface area (Å²) < 4.78 is 2.20. The summed E-state index contributed by atoms with van der Waals surface area (Å²) >= 11 is 6.10. The number of nitrogens with one attached hydrogen (secondary N) is 2. The number of H-pyrrole nitrogens is 1. The molecule has 0 saturated carbocycles. The molecule has 1 amide bonds. The highest BCUT2D eigenvalue weighted by atomic mass is 35.5. The third-order valence-electron chi connectivity index (χ3n) is 6.54. The van der Waals surface area contributed by atoms with Gasteiger partial charge in [0.25, 0.3) is 0 Å². The minimum Gasteiger partial charge on any atom is -0.361 e. The van der Waals surface area contributed by atoms with Gasteiger partial charge in [-0.1, -0.05) is 60.1 Å². The number of amides is 1. The summed E-state index contributed by atoms with van der Waals surface area (Å²) in [7, 11) is 0. The van der Waals surface area contributed by atoms with E-state index in [2.05, 4.69) is 44.2 Å². The van der Waals surface area contributed by atoms with E-state index < -0.39 is 5.92 Å². The van der Waals surface area contributed by atoms with E-state index >= 15 is 0 Å². The van der Waals surface area contributed by atoms with Crippen LogP contribution >= 0.6 is 11.6 Å². The van der Waals surface area contributed by atoms with E-state index in [0.717, 1.165) is 38.5 Å². The second-order valence-electron chi connectivity index (χ2n) is 8.80. The smallest absolute Gasteiger partial charge is 0.236 e. The molecule has 6 rings (SSSR count). The third kappa shape index (κ3) is 4.14. The number of anilines is 1. The second-order valence-corrected chi connectivity index (χ2v) is 9.24. The number of hydrogen-bond donors (Lipinski definition) is 2. The van der Waals surface area contributed by atoms with Crippen LogP contribution in [0.3, 0.4) is 0 Å². The maximum atomic E-state index is 13.9. The summed E-state index contributed by atoms with van der Waals surface area (Å²) in [5, 5.41) is 5.90. The molecule has 6 heteroatoms. The highest BCUT2D eigenvalue weighted by Gasteiger charge is 2.29. The molecule has 0 fully saturated rings. The molecule has 176 valence electrons. The normalized spacial score (nSPS) is 12.1. The number of fused-ring (bicyclic) bond motifs is 2. The minimum absolute atomic E-state index is 0.0969. The van der Waals surface area contributed by atoms with Crippen LogP contribution < -0.4 is 5.32 Å². The predicted octanol–water partition coefficient (Wildman–Crippen LogP) is 6.99. The Balaban J connectivity index is 1.50. The van der Waals surface area contributed by atoms with Crippen molar-refractivity contribution in [3.63, 3.8) is 0 Å². The SMILES string of the molecule is O=C(Nc1ccncc1)C(c1c[nH]c2ccccc12)c1cn(Cc2ccc(Cl)cc2)c2ccccc12. The van der Waals surface area contributed by atoms with Crippen molar-refractivity contribution >= 4 is 45.0 Å². The number of nitrogens with zero attached hydrogens (tertiary/aromatic N) is 2. The van der Waals surface area contributed by atoms with Gasteiger partial charge < -0.3 is 14.9 Å². The van der Waals surface area contributed by atoms with E-state index in [9.17, 15) is 4.79 Å². The number of para-hydroxylation sites is 2. The van der Waals surface area contributed by atoms with Crippen molar-refractivity contribution in [1.29, 1.82) is 0 Å². The van der Waals surface area contributed by atoms with Crippen molar-refractivity contribution in [3.05, 3.63) is 131 Å². The average molecular weight is 491 g/mol. The summed E-state index contributed by atoms with van der Waals surface area (Å²) in [5.41, 5.74) is 5.81. The number of pyridine rings is 1. The number of halogens is 1. The van der Waals surface area contributed by atoms with Gasteiger partial charge in [-0.05, 0) is 53.1 Å². The van der Waals surface area contributed by atoms with E-state index in [1.54, 1.807) is 24.5 Å². The van der Waals surface area contributed by atoms with Gasteiger partial charge >= 0.3 is 0 Å². The number of aromatic nitrogens is 3. The lowest BCUT2D eigenvalue weighted by Crippen LogP contribution is -2.22. The third-order valence-corrected chi connectivity index (χ3v) is 6.79. The fourth-order valence-electron chi connectivity index (χ4n) is 4.86. The number of aromatic amines is 1. The number of carbonyl (C=O) groups excluding carboxylic acids is 1.